The summed E-state index contributed by atoms with van der Waals surface area (Å²) in [5.74, 6) is -0.0629. The predicted octanol–water partition coefficient (Wildman–Crippen LogP) is 2.62. The van der Waals surface area contributed by atoms with Gasteiger partial charge in [0, 0.05) is 6.08 Å². The number of nitriles is 2. The summed E-state index contributed by atoms with van der Waals surface area (Å²) in [7, 11) is 0. The molecule has 11 heavy (non-hydrogen) atoms. The molecule has 5 heteroatoms. The first-order chi connectivity index (χ1) is 5.04. The Kier molecular flexibility index (Phi) is 9.23. The molecule has 0 aliphatic heterocycles. The Morgan fingerprint density at radius 3 is 1.82 bits per heavy atom. The van der Waals surface area contributed by atoms with Crippen LogP contribution in [0.3, 0.4) is 0 Å². The largest absolute Gasteiger partial charge is 0.216 e. The van der Waals surface area contributed by atoms with Gasteiger partial charge in [0.1, 0.15) is 6.07 Å². The molecule has 0 amide bonds. The fraction of sp³-hybridized carbons (Fsp3) is 0.333. The number of nitrogens with zero attached hydrogens (tertiary/aromatic N) is 2. The molecule has 0 atom stereocenters. The van der Waals surface area contributed by atoms with Crippen molar-refractivity contribution in [1.82, 2.24) is 0 Å². The van der Waals surface area contributed by atoms with Gasteiger partial charge >= 0.3 is 0 Å². The van der Waals surface area contributed by atoms with Gasteiger partial charge in [0.15, 0.2) is 0 Å². The van der Waals surface area contributed by atoms with Gasteiger partial charge < -0.3 is 0 Å². The summed E-state index contributed by atoms with van der Waals surface area (Å²) in [4.78, 5) is 0. The first-order valence-electron chi connectivity index (χ1n) is 2.39. The van der Waals surface area contributed by atoms with Crippen LogP contribution >= 0.6 is 34.8 Å². The first-order valence-corrected chi connectivity index (χ1v) is 3.68. The topological polar surface area (TPSA) is 47.6 Å². The van der Waals surface area contributed by atoms with Crippen LogP contribution in [-0.2, 0) is 0 Å². The average molecular weight is 211 g/mol. The molecule has 0 fully saturated rings. The van der Waals surface area contributed by atoms with E-state index >= 15 is 0 Å². The molecule has 0 heterocycles. The molecule has 0 spiro atoms. The molecule has 2 nitrogen and oxygen atoms in total. The summed E-state index contributed by atoms with van der Waals surface area (Å²) in [6.07, 6.45) is 1.18. The quantitative estimate of drug-likeness (QED) is 0.494. The molecule has 0 aliphatic rings. The van der Waals surface area contributed by atoms with Crippen molar-refractivity contribution in [3.05, 3.63) is 12.7 Å². The molecule has 0 radical (unpaired) electrons. The number of rotatable bonds is 1. The Bertz CT molecular complexity index is 187. The highest BCUT2D eigenvalue weighted by Gasteiger charge is 2.20. The number of alkyl halides is 3. The van der Waals surface area contributed by atoms with Crippen LogP contribution in [0.15, 0.2) is 12.7 Å². The smallest absolute Gasteiger partial charge is 0.195 e. The van der Waals surface area contributed by atoms with Crippen LogP contribution in [-0.4, -0.2) is 10.2 Å². The molecular weight excluding hydrogens is 206 g/mol. The van der Waals surface area contributed by atoms with Crippen molar-refractivity contribution in [2.45, 2.75) is 4.33 Å². The predicted molar refractivity (Wildman–Crippen MR) is 46.6 cm³/mol. The lowest BCUT2D eigenvalue weighted by Crippen LogP contribution is -2.09. The second-order valence-electron chi connectivity index (χ2n) is 1.28. The van der Waals surface area contributed by atoms with Crippen molar-refractivity contribution >= 4 is 34.8 Å². The van der Waals surface area contributed by atoms with E-state index in [2.05, 4.69) is 6.58 Å². The van der Waals surface area contributed by atoms with Crippen LogP contribution in [0.4, 0.5) is 0 Å². The normalized spacial score (nSPS) is 8.09. The van der Waals surface area contributed by atoms with E-state index in [-0.39, 0.29) is 5.88 Å². The van der Waals surface area contributed by atoms with Gasteiger partial charge in [-0.15, -0.1) is 11.6 Å². The highest BCUT2D eigenvalue weighted by molar-refractivity contribution is 6.53. The lowest BCUT2D eigenvalue weighted by atomic mass is 10.5. The second kappa shape index (κ2) is 7.69. The molecule has 0 aromatic rings. The van der Waals surface area contributed by atoms with Crippen LogP contribution in [0.5, 0.6) is 0 Å². The zero-order chi connectivity index (χ0) is 9.33. The van der Waals surface area contributed by atoms with Crippen LogP contribution in [0, 0.1) is 22.7 Å². The Morgan fingerprint density at radius 2 is 1.82 bits per heavy atom. The van der Waals surface area contributed by atoms with Gasteiger partial charge in [0.2, 0.25) is 4.33 Å². The number of hydrogen-bond acceptors (Lipinski definition) is 2. The van der Waals surface area contributed by atoms with Crippen molar-refractivity contribution in [2.24, 2.45) is 0 Å². The van der Waals surface area contributed by atoms with Gasteiger partial charge in [0.25, 0.3) is 0 Å². The summed E-state index contributed by atoms with van der Waals surface area (Å²) < 4.78 is -1.40. The minimum Gasteiger partial charge on any atom is -0.195 e. The highest BCUT2D eigenvalue weighted by Crippen LogP contribution is 2.20. The third-order valence-electron chi connectivity index (χ3n) is 0.423. The SMILES string of the molecule is C=CC#N.N#CC(Cl)(Cl)CCl. The molecule has 0 bridgehead atoms. The summed E-state index contributed by atoms with van der Waals surface area (Å²) in [5.41, 5.74) is 0. The molecule has 0 unspecified atom stereocenters. The van der Waals surface area contributed by atoms with Crippen LogP contribution < -0.4 is 0 Å². The van der Waals surface area contributed by atoms with E-state index in [1.54, 1.807) is 12.1 Å². The monoisotopic (exact) mass is 210 g/mol. The fourth-order valence-corrected chi connectivity index (χ4v) is 0.0896. The Morgan fingerprint density at radius 1 is 1.45 bits per heavy atom. The van der Waals surface area contributed by atoms with E-state index in [0.717, 1.165) is 0 Å². The maximum Gasteiger partial charge on any atom is 0.216 e. The molecule has 60 valence electrons. The minimum absolute atomic E-state index is 0.0629. The van der Waals surface area contributed by atoms with Crippen molar-refractivity contribution < 1.29 is 0 Å². The average Bonchev–Trinajstić information content (AvgIpc) is 2.05. The minimum atomic E-state index is -1.40. The standard InChI is InChI=1S/C3H2Cl3N.C3H3N/c4-1-3(5,6)2-7;1-2-3-4/h1H2;2H,1H2. The van der Waals surface area contributed by atoms with Crippen molar-refractivity contribution in [2.75, 3.05) is 5.88 Å². The van der Waals surface area contributed by atoms with E-state index < -0.39 is 4.33 Å². The van der Waals surface area contributed by atoms with Gasteiger partial charge in [-0.1, -0.05) is 29.8 Å². The first kappa shape index (κ1) is 13.2. The third kappa shape index (κ3) is 12.7. The molecular formula is C6H5Cl3N2. The van der Waals surface area contributed by atoms with Crippen LogP contribution in [0.25, 0.3) is 0 Å². The Labute approximate surface area is 80.6 Å². The van der Waals surface area contributed by atoms with Gasteiger partial charge in [-0.2, -0.15) is 10.5 Å². The summed E-state index contributed by atoms with van der Waals surface area (Å²) in [5, 5.41) is 15.5. The number of hydrogen-bond donors (Lipinski definition) is 0. The summed E-state index contributed by atoms with van der Waals surface area (Å²) in [6.45, 7) is 3.12. The zero-order valence-corrected chi connectivity index (χ0v) is 7.79. The van der Waals surface area contributed by atoms with E-state index in [1.165, 1.54) is 6.08 Å². The molecule has 0 aliphatic carbocycles. The van der Waals surface area contributed by atoms with Crippen molar-refractivity contribution in [3.8, 4) is 12.1 Å². The van der Waals surface area contributed by atoms with E-state index in [4.69, 9.17) is 45.3 Å². The third-order valence-corrected chi connectivity index (χ3v) is 1.53. The molecule has 0 saturated carbocycles. The van der Waals surface area contributed by atoms with Crippen molar-refractivity contribution in [3.63, 3.8) is 0 Å². The van der Waals surface area contributed by atoms with Crippen LogP contribution in [0.2, 0.25) is 0 Å². The van der Waals surface area contributed by atoms with E-state index in [0.29, 0.717) is 0 Å². The van der Waals surface area contributed by atoms with E-state index in [1.807, 2.05) is 0 Å². The fourth-order valence-electron chi connectivity index (χ4n) is 0.0299. The molecule has 0 aromatic heterocycles. The maximum atomic E-state index is 8.00. The van der Waals surface area contributed by atoms with E-state index in [9.17, 15) is 0 Å². The molecule has 0 aromatic carbocycles. The lowest BCUT2D eigenvalue weighted by molar-refractivity contribution is 1.14. The van der Waals surface area contributed by atoms with Gasteiger partial charge in [0.05, 0.1) is 11.9 Å². The van der Waals surface area contributed by atoms with Gasteiger partial charge in [-0.05, 0) is 0 Å². The zero-order valence-electron chi connectivity index (χ0n) is 5.52. The Balaban J connectivity index is 0. The second-order valence-corrected chi connectivity index (χ2v) is 3.03. The molecule has 0 N–H and O–H groups in total. The van der Waals surface area contributed by atoms with Gasteiger partial charge in [-0.3, -0.25) is 0 Å². The molecule has 0 rings (SSSR count). The summed E-state index contributed by atoms with van der Waals surface area (Å²) in [6, 6.07) is 3.28. The van der Waals surface area contributed by atoms with Crippen LogP contribution in [0.1, 0.15) is 0 Å². The summed E-state index contributed by atoms with van der Waals surface area (Å²) >= 11 is 15.5. The Hall–Kier alpha value is -0.410. The lowest BCUT2D eigenvalue weighted by Gasteiger charge is -2.00. The molecule has 0 saturated heterocycles. The highest BCUT2D eigenvalue weighted by atomic mass is 35.5. The van der Waals surface area contributed by atoms with Crippen molar-refractivity contribution in [1.29, 1.82) is 10.5 Å². The number of allylic oxidation sites excluding steroid dienone is 1. The van der Waals surface area contributed by atoms with Gasteiger partial charge in [-0.25, -0.2) is 0 Å². The maximum absolute atomic E-state index is 8.00. The number of halogens is 3.